The minimum absolute atomic E-state index is 0.247. The van der Waals surface area contributed by atoms with E-state index in [0.29, 0.717) is 21.6 Å². The molecule has 0 saturated heterocycles. The third-order valence-electron chi connectivity index (χ3n) is 4.53. The van der Waals surface area contributed by atoms with Crippen LogP contribution in [0.1, 0.15) is 37.6 Å². The van der Waals surface area contributed by atoms with Crippen LogP contribution < -0.4 is 10.6 Å². The van der Waals surface area contributed by atoms with Gasteiger partial charge in [-0.3, -0.25) is 4.68 Å². The van der Waals surface area contributed by atoms with E-state index < -0.39 is 0 Å². The predicted molar refractivity (Wildman–Crippen MR) is 128 cm³/mol. The van der Waals surface area contributed by atoms with Gasteiger partial charge in [0.25, 0.3) is 0 Å². The number of carbonyl (C=O) groups is 1. The van der Waals surface area contributed by atoms with Gasteiger partial charge in [0, 0.05) is 16.1 Å². The maximum Gasteiger partial charge on any atom is 0.315 e. The van der Waals surface area contributed by atoms with Gasteiger partial charge in [0.05, 0.1) is 34.5 Å². The summed E-state index contributed by atoms with van der Waals surface area (Å²) in [6.45, 7) is 8.55. The first kappa shape index (κ1) is 23.5. The second-order valence-corrected chi connectivity index (χ2v) is 9.67. The first-order valence-corrected chi connectivity index (χ1v) is 11.0. The van der Waals surface area contributed by atoms with E-state index in [4.69, 9.17) is 39.9 Å². The summed E-state index contributed by atoms with van der Waals surface area (Å²) in [4.78, 5) is 12.1. The summed E-state index contributed by atoms with van der Waals surface area (Å²) in [7, 11) is 0. The smallest absolute Gasteiger partial charge is 0.315 e. The molecule has 0 unspecified atom stereocenters. The number of aryl methyl sites for hydroxylation is 1. The molecule has 2 aromatic carbocycles. The second-order valence-electron chi connectivity index (χ2n) is 8.45. The Hall–Kier alpha value is -2.21. The van der Waals surface area contributed by atoms with Gasteiger partial charge in [-0.05, 0) is 63.1 Å². The number of benzene rings is 2. The van der Waals surface area contributed by atoms with Gasteiger partial charge in [-0.2, -0.15) is 5.10 Å². The SMILES string of the molecule is Cc1ccc(Cn2nc(CNC(=O)NC(C)(C)C)cc2-c2ccc(Cl)c(Cl)c2)cc1Cl. The Labute approximate surface area is 197 Å². The molecule has 1 heterocycles. The summed E-state index contributed by atoms with van der Waals surface area (Å²) in [6.07, 6.45) is 0. The van der Waals surface area contributed by atoms with Crippen LogP contribution in [0.25, 0.3) is 11.3 Å². The topological polar surface area (TPSA) is 59.0 Å². The van der Waals surface area contributed by atoms with Crippen LogP contribution in [0, 0.1) is 6.92 Å². The van der Waals surface area contributed by atoms with Gasteiger partial charge >= 0.3 is 6.03 Å². The molecule has 0 saturated carbocycles. The molecule has 1 aromatic heterocycles. The van der Waals surface area contributed by atoms with Crippen molar-refractivity contribution < 1.29 is 4.79 Å². The van der Waals surface area contributed by atoms with E-state index in [1.807, 2.05) is 68.8 Å². The number of carbonyl (C=O) groups excluding carboxylic acids is 1. The van der Waals surface area contributed by atoms with E-state index in [1.54, 1.807) is 6.07 Å². The zero-order valence-electron chi connectivity index (χ0n) is 17.9. The average molecular weight is 480 g/mol. The van der Waals surface area contributed by atoms with Crippen LogP contribution in [0.15, 0.2) is 42.5 Å². The minimum Gasteiger partial charge on any atom is -0.334 e. The lowest BCUT2D eigenvalue weighted by atomic mass is 10.1. The standard InChI is InChI=1S/C23H25Cl3N4O/c1-14-5-6-15(9-19(14)25)13-30-21(16-7-8-18(24)20(26)10-16)11-17(29-30)12-27-22(31)28-23(2,3)4/h5-11H,12-13H2,1-4H3,(H2,27,28,31). The summed E-state index contributed by atoms with van der Waals surface area (Å²) >= 11 is 18.6. The van der Waals surface area contributed by atoms with Crippen molar-refractivity contribution in [3.8, 4) is 11.3 Å². The first-order valence-electron chi connectivity index (χ1n) is 9.85. The highest BCUT2D eigenvalue weighted by Gasteiger charge is 2.16. The van der Waals surface area contributed by atoms with E-state index in [2.05, 4.69) is 10.6 Å². The van der Waals surface area contributed by atoms with Crippen molar-refractivity contribution in [2.75, 3.05) is 0 Å². The Morgan fingerprint density at radius 2 is 1.74 bits per heavy atom. The zero-order chi connectivity index (χ0) is 22.8. The normalized spacial score (nSPS) is 11.5. The highest BCUT2D eigenvalue weighted by Crippen LogP contribution is 2.29. The molecule has 3 rings (SSSR count). The minimum atomic E-state index is -0.320. The molecular formula is C23H25Cl3N4O. The monoisotopic (exact) mass is 478 g/mol. The Balaban J connectivity index is 1.90. The number of aromatic nitrogens is 2. The number of rotatable bonds is 5. The highest BCUT2D eigenvalue weighted by atomic mass is 35.5. The summed E-state index contributed by atoms with van der Waals surface area (Å²) in [5.74, 6) is 0. The van der Waals surface area contributed by atoms with E-state index in [-0.39, 0.29) is 18.1 Å². The molecule has 0 aliphatic rings. The molecule has 0 spiro atoms. The third-order valence-corrected chi connectivity index (χ3v) is 5.68. The number of hydrogen-bond acceptors (Lipinski definition) is 2. The molecule has 0 aliphatic carbocycles. The van der Waals surface area contributed by atoms with E-state index in [0.717, 1.165) is 28.1 Å². The summed E-state index contributed by atoms with van der Waals surface area (Å²) < 4.78 is 1.87. The van der Waals surface area contributed by atoms with E-state index >= 15 is 0 Å². The van der Waals surface area contributed by atoms with Gasteiger partial charge < -0.3 is 10.6 Å². The van der Waals surface area contributed by atoms with Crippen molar-refractivity contribution in [1.82, 2.24) is 20.4 Å². The van der Waals surface area contributed by atoms with Crippen molar-refractivity contribution in [2.45, 2.75) is 46.3 Å². The van der Waals surface area contributed by atoms with Crippen LogP contribution in [-0.2, 0) is 13.1 Å². The predicted octanol–water partition coefficient (Wildman–Crippen LogP) is 6.46. The lowest BCUT2D eigenvalue weighted by molar-refractivity contribution is 0.231. The van der Waals surface area contributed by atoms with Crippen molar-refractivity contribution in [1.29, 1.82) is 0 Å². The lowest BCUT2D eigenvalue weighted by Crippen LogP contribution is -2.46. The van der Waals surface area contributed by atoms with Crippen molar-refractivity contribution in [3.63, 3.8) is 0 Å². The molecular weight excluding hydrogens is 455 g/mol. The molecule has 0 atom stereocenters. The van der Waals surface area contributed by atoms with Crippen LogP contribution in [0.3, 0.4) is 0 Å². The van der Waals surface area contributed by atoms with E-state index in [9.17, 15) is 4.79 Å². The van der Waals surface area contributed by atoms with Crippen molar-refractivity contribution in [3.05, 3.63) is 74.4 Å². The van der Waals surface area contributed by atoms with Crippen LogP contribution in [0.5, 0.6) is 0 Å². The summed E-state index contributed by atoms with van der Waals surface area (Å²) in [6, 6.07) is 13.1. The van der Waals surface area contributed by atoms with Gasteiger partial charge in [0.15, 0.2) is 0 Å². The van der Waals surface area contributed by atoms with Crippen LogP contribution in [0.2, 0.25) is 15.1 Å². The third kappa shape index (κ3) is 6.39. The van der Waals surface area contributed by atoms with Crippen molar-refractivity contribution in [2.24, 2.45) is 0 Å². The Morgan fingerprint density at radius 3 is 2.39 bits per heavy atom. The lowest BCUT2D eigenvalue weighted by Gasteiger charge is -2.20. The average Bonchev–Trinajstić information content (AvgIpc) is 3.07. The van der Waals surface area contributed by atoms with Gasteiger partial charge in [-0.15, -0.1) is 0 Å². The Bertz CT molecular complexity index is 1100. The fourth-order valence-electron chi connectivity index (χ4n) is 3.03. The zero-order valence-corrected chi connectivity index (χ0v) is 20.2. The summed E-state index contributed by atoms with van der Waals surface area (Å²) in [5, 5.41) is 12.1. The number of nitrogens with one attached hydrogen (secondary N) is 2. The van der Waals surface area contributed by atoms with E-state index in [1.165, 1.54) is 0 Å². The fourth-order valence-corrected chi connectivity index (χ4v) is 3.53. The van der Waals surface area contributed by atoms with Crippen LogP contribution in [0.4, 0.5) is 4.79 Å². The molecule has 0 bridgehead atoms. The number of hydrogen-bond donors (Lipinski definition) is 2. The first-order chi connectivity index (χ1) is 14.5. The highest BCUT2D eigenvalue weighted by molar-refractivity contribution is 6.42. The Morgan fingerprint density at radius 1 is 1.00 bits per heavy atom. The molecule has 3 aromatic rings. The molecule has 0 aliphatic heterocycles. The largest absolute Gasteiger partial charge is 0.334 e. The molecule has 2 N–H and O–H groups in total. The molecule has 5 nitrogen and oxygen atoms in total. The van der Waals surface area contributed by atoms with Gasteiger partial charge in [0.1, 0.15) is 0 Å². The number of halogens is 3. The summed E-state index contributed by atoms with van der Waals surface area (Å²) in [5.41, 5.74) is 4.19. The van der Waals surface area contributed by atoms with Crippen molar-refractivity contribution >= 4 is 40.8 Å². The van der Waals surface area contributed by atoms with Crippen LogP contribution in [-0.4, -0.2) is 21.4 Å². The van der Waals surface area contributed by atoms with Gasteiger partial charge in [-0.1, -0.05) is 53.0 Å². The maximum absolute atomic E-state index is 12.1. The van der Waals surface area contributed by atoms with Gasteiger partial charge in [0.2, 0.25) is 0 Å². The molecule has 164 valence electrons. The number of nitrogens with zero attached hydrogens (tertiary/aromatic N) is 2. The number of urea groups is 1. The molecule has 8 heteroatoms. The quantitative estimate of drug-likeness (QED) is 0.441. The van der Waals surface area contributed by atoms with Crippen LogP contribution >= 0.6 is 34.8 Å². The number of amides is 2. The maximum atomic E-state index is 12.1. The van der Waals surface area contributed by atoms with Gasteiger partial charge in [-0.25, -0.2) is 4.79 Å². The molecule has 0 radical (unpaired) electrons. The Kier molecular flexibility index (Phi) is 7.20. The molecule has 2 amide bonds. The molecule has 31 heavy (non-hydrogen) atoms. The second kappa shape index (κ2) is 9.51. The molecule has 0 fully saturated rings. The fraction of sp³-hybridized carbons (Fsp3) is 0.304.